The summed E-state index contributed by atoms with van der Waals surface area (Å²) in [7, 11) is 0. The van der Waals surface area contributed by atoms with Crippen LogP contribution in [0.5, 0.6) is 5.75 Å². The minimum atomic E-state index is -0.113. The van der Waals surface area contributed by atoms with Gasteiger partial charge in [-0.1, -0.05) is 105 Å². The lowest BCUT2D eigenvalue weighted by molar-refractivity contribution is 0.475. The Bertz CT molecular complexity index is 2790. The second-order valence-electron chi connectivity index (χ2n) is 14.8. The largest absolute Gasteiger partial charge is 0.508 e. The van der Waals surface area contributed by atoms with E-state index in [4.69, 9.17) is 0 Å². The minimum absolute atomic E-state index is 0.113. The van der Waals surface area contributed by atoms with Crippen LogP contribution >= 0.6 is 0 Å². The normalized spacial score (nSPS) is 13.1. The van der Waals surface area contributed by atoms with Crippen LogP contribution in [0.4, 0.5) is 34.1 Å². The fourth-order valence-electron chi connectivity index (χ4n) is 8.56. The van der Waals surface area contributed by atoms with Gasteiger partial charge >= 0.3 is 0 Å². The van der Waals surface area contributed by atoms with Gasteiger partial charge in [-0.05, 0) is 125 Å². The molecular weight excluding hydrogens is 671 g/mol. The van der Waals surface area contributed by atoms with Crippen LogP contribution < -0.4 is 9.80 Å². The third-order valence-electron chi connectivity index (χ3n) is 11.3. The van der Waals surface area contributed by atoms with Crippen molar-refractivity contribution in [2.45, 2.75) is 19.3 Å². The van der Waals surface area contributed by atoms with Crippen molar-refractivity contribution >= 4 is 55.9 Å². The maximum atomic E-state index is 10.2. The Labute approximate surface area is 321 Å². The quantitative estimate of drug-likeness (QED) is 0.186. The molecule has 264 valence electrons. The number of fused-ring (bicyclic) bond motifs is 5. The van der Waals surface area contributed by atoms with Crippen LogP contribution in [-0.2, 0) is 5.41 Å². The summed E-state index contributed by atoms with van der Waals surface area (Å²) in [6, 6.07) is 68.5. The van der Waals surface area contributed by atoms with Gasteiger partial charge in [0.15, 0.2) is 0 Å². The van der Waals surface area contributed by atoms with E-state index in [1.807, 2.05) is 12.1 Å². The zero-order valence-corrected chi connectivity index (χ0v) is 30.8. The Morgan fingerprint density at radius 1 is 0.436 bits per heavy atom. The summed E-state index contributed by atoms with van der Waals surface area (Å²) < 4.78 is 2.35. The lowest BCUT2D eigenvalue weighted by atomic mass is 9.73. The molecule has 10 rings (SSSR count). The van der Waals surface area contributed by atoms with Gasteiger partial charge in [-0.25, -0.2) is 0 Å². The van der Waals surface area contributed by atoms with E-state index >= 15 is 0 Å². The number of hydrogen-bond donors (Lipinski definition) is 1. The van der Waals surface area contributed by atoms with Crippen molar-refractivity contribution in [1.82, 2.24) is 4.57 Å². The molecule has 1 aliphatic rings. The van der Waals surface area contributed by atoms with E-state index in [0.29, 0.717) is 0 Å². The number of aromatic nitrogens is 1. The molecule has 0 spiro atoms. The highest BCUT2D eigenvalue weighted by Crippen LogP contribution is 2.52. The standard InChI is InChI=1S/C51H39N3O/c1-51(2)45-15-7-10-18-49(45)54(50-19-11-8-16-46(50)51)41-27-25-39(26-28-41)52(40-29-31-42(55)32-30-40)38-23-20-35(21-24-38)36-22-33-48-44(34-36)43-14-6-9-17-47(43)53(48)37-12-4-3-5-13-37/h3-34,55H,1-2H3. The Hall–Kier alpha value is -7.04. The van der Waals surface area contributed by atoms with Gasteiger partial charge < -0.3 is 19.5 Å². The SMILES string of the molecule is CC1(C)c2ccccc2N(c2ccc(N(c3ccc(O)cc3)c3ccc(-c4ccc5c(c4)c4ccccc4n5-c4ccccc4)cc3)cc2)c2ccccc21. The number of nitrogens with zero attached hydrogens (tertiary/aromatic N) is 3. The maximum absolute atomic E-state index is 10.2. The van der Waals surface area contributed by atoms with Gasteiger partial charge in [-0.15, -0.1) is 0 Å². The summed E-state index contributed by atoms with van der Waals surface area (Å²) in [5.74, 6) is 0.240. The first-order valence-electron chi connectivity index (χ1n) is 18.8. The number of phenolic OH excluding ortho intramolecular Hbond substituents is 1. The van der Waals surface area contributed by atoms with Crippen LogP contribution in [0, 0.1) is 0 Å². The van der Waals surface area contributed by atoms with Gasteiger partial charge in [0.1, 0.15) is 5.75 Å². The lowest BCUT2D eigenvalue weighted by Crippen LogP contribution is -2.30. The van der Waals surface area contributed by atoms with Crippen molar-refractivity contribution in [2.75, 3.05) is 9.80 Å². The minimum Gasteiger partial charge on any atom is -0.508 e. The maximum Gasteiger partial charge on any atom is 0.115 e. The molecule has 4 nitrogen and oxygen atoms in total. The molecule has 8 aromatic carbocycles. The Kier molecular flexibility index (Phi) is 7.60. The van der Waals surface area contributed by atoms with Crippen molar-refractivity contribution < 1.29 is 5.11 Å². The van der Waals surface area contributed by atoms with Gasteiger partial charge in [0.05, 0.1) is 22.4 Å². The number of phenols is 1. The average Bonchev–Trinajstić information content (AvgIpc) is 3.57. The fourth-order valence-corrected chi connectivity index (χ4v) is 8.56. The van der Waals surface area contributed by atoms with Crippen LogP contribution in [0.15, 0.2) is 194 Å². The van der Waals surface area contributed by atoms with Gasteiger partial charge in [-0.3, -0.25) is 0 Å². The molecule has 9 aromatic rings. The molecule has 1 aliphatic heterocycles. The van der Waals surface area contributed by atoms with E-state index in [0.717, 1.165) is 34.0 Å². The Balaban J connectivity index is 1.03. The van der Waals surface area contributed by atoms with Gasteiger partial charge in [-0.2, -0.15) is 0 Å². The molecule has 0 radical (unpaired) electrons. The summed E-state index contributed by atoms with van der Waals surface area (Å²) in [6.07, 6.45) is 0. The van der Waals surface area contributed by atoms with Gasteiger partial charge in [0.2, 0.25) is 0 Å². The van der Waals surface area contributed by atoms with Crippen LogP contribution in [0.25, 0.3) is 38.6 Å². The van der Waals surface area contributed by atoms with Crippen LogP contribution in [0.1, 0.15) is 25.0 Å². The molecule has 4 heteroatoms. The summed E-state index contributed by atoms with van der Waals surface area (Å²) in [6.45, 7) is 4.63. The summed E-state index contributed by atoms with van der Waals surface area (Å²) in [5, 5.41) is 12.7. The molecule has 0 atom stereocenters. The van der Waals surface area contributed by atoms with Crippen LogP contribution in [0.3, 0.4) is 0 Å². The number of anilines is 6. The van der Waals surface area contributed by atoms with Gasteiger partial charge in [0.25, 0.3) is 0 Å². The summed E-state index contributed by atoms with van der Waals surface area (Å²) >= 11 is 0. The molecule has 1 aromatic heterocycles. The van der Waals surface area contributed by atoms with Crippen molar-refractivity contribution in [3.05, 3.63) is 205 Å². The monoisotopic (exact) mass is 709 g/mol. The smallest absolute Gasteiger partial charge is 0.115 e. The average molecular weight is 710 g/mol. The Morgan fingerprint density at radius 2 is 0.945 bits per heavy atom. The molecule has 0 amide bonds. The second-order valence-corrected chi connectivity index (χ2v) is 14.8. The van der Waals surface area contributed by atoms with Crippen LogP contribution in [-0.4, -0.2) is 9.67 Å². The van der Waals surface area contributed by atoms with Crippen molar-refractivity contribution in [3.63, 3.8) is 0 Å². The number of para-hydroxylation sites is 4. The van der Waals surface area contributed by atoms with E-state index < -0.39 is 0 Å². The lowest BCUT2D eigenvalue weighted by Gasteiger charge is -2.42. The molecule has 2 heterocycles. The predicted octanol–water partition coefficient (Wildman–Crippen LogP) is 13.7. The van der Waals surface area contributed by atoms with Crippen molar-refractivity contribution in [3.8, 4) is 22.6 Å². The molecular formula is C51H39N3O. The number of aromatic hydroxyl groups is 1. The first kappa shape index (κ1) is 32.6. The van der Waals surface area contributed by atoms with E-state index in [1.165, 1.54) is 49.9 Å². The highest BCUT2D eigenvalue weighted by Gasteiger charge is 2.36. The highest BCUT2D eigenvalue weighted by molar-refractivity contribution is 6.10. The Morgan fingerprint density at radius 3 is 1.60 bits per heavy atom. The van der Waals surface area contributed by atoms with Crippen molar-refractivity contribution in [2.24, 2.45) is 0 Å². The summed E-state index contributed by atoms with van der Waals surface area (Å²) in [5.41, 5.74) is 14.9. The third kappa shape index (κ3) is 5.37. The first-order valence-corrected chi connectivity index (χ1v) is 18.8. The fraction of sp³-hybridized carbons (Fsp3) is 0.0588. The molecule has 55 heavy (non-hydrogen) atoms. The number of benzene rings is 8. The third-order valence-corrected chi connectivity index (χ3v) is 11.3. The number of rotatable bonds is 6. The zero-order chi connectivity index (χ0) is 37.1. The van der Waals surface area contributed by atoms with E-state index in [-0.39, 0.29) is 11.2 Å². The predicted molar refractivity (Wildman–Crippen MR) is 229 cm³/mol. The molecule has 0 unspecified atom stereocenters. The van der Waals surface area contributed by atoms with E-state index in [1.54, 1.807) is 12.1 Å². The topological polar surface area (TPSA) is 31.6 Å². The van der Waals surface area contributed by atoms with E-state index in [9.17, 15) is 5.11 Å². The van der Waals surface area contributed by atoms with Crippen molar-refractivity contribution in [1.29, 1.82) is 0 Å². The molecule has 0 fully saturated rings. The van der Waals surface area contributed by atoms with E-state index in [2.05, 4.69) is 198 Å². The molecule has 1 N–H and O–H groups in total. The molecule has 0 aliphatic carbocycles. The molecule has 0 saturated heterocycles. The number of hydrogen-bond acceptors (Lipinski definition) is 3. The van der Waals surface area contributed by atoms with Gasteiger partial charge in [0, 0.05) is 44.6 Å². The molecule has 0 saturated carbocycles. The highest BCUT2D eigenvalue weighted by atomic mass is 16.3. The summed E-state index contributed by atoms with van der Waals surface area (Å²) in [4.78, 5) is 4.62. The second kappa shape index (κ2) is 12.8. The first-order chi connectivity index (χ1) is 27.0. The van der Waals surface area contributed by atoms with Crippen LogP contribution in [0.2, 0.25) is 0 Å². The molecule has 0 bridgehead atoms. The zero-order valence-electron chi connectivity index (χ0n) is 30.8.